The van der Waals surface area contributed by atoms with Gasteiger partial charge in [0.1, 0.15) is 30.8 Å². The van der Waals surface area contributed by atoms with Crippen molar-refractivity contribution in [1.82, 2.24) is 0 Å². The summed E-state index contributed by atoms with van der Waals surface area (Å²) in [6.45, 7) is 6.48. The molecule has 27 heavy (non-hydrogen) atoms. The number of rotatable bonds is 8. The first-order valence-corrected chi connectivity index (χ1v) is 9.88. The van der Waals surface area contributed by atoms with E-state index in [4.69, 9.17) is 4.74 Å². The molecule has 2 aromatic carbocycles. The SMILES string of the molecule is CCCc1ccc(OCC(O)C[NH+]2CCN(c3ccccc3F)CC2)cc1. The maximum absolute atomic E-state index is 13.9. The fourth-order valence-corrected chi connectivity index (χ4v) is 3.60. The summed E-state index contributed by atoms with van der Waals surface area (Å²) in [5.74, 6) is 0.632. The number of nitrogens with zero attached hydrogens (tertiary/aromatic N) is 1. The predicted octanol–water partition coefficient (Wildman–Crippen LogP) is 1.92. The summed E-state index contributed by atoms with van der Waals surface area (Å²) in [6, 6.07) is 15.0. The molecule has 146 valence electrons. The zero-order valence-corrected chi connectivity index (χ0v) is 16.0. The fraction of sp³-hybridized carbons (Fsp3) is 0.455. The van der Waals surface area contributed by atoms with Gasteiger partial charge in [0, 0.05) is 0 Å². The van der Waals surface area contributed by atoms with Gasteiger partial charge in [0.2, 0.25) is 0 Å². The van der Waals surface area contributed by atoms with Gasteiger partial charge in [-0.05, 0) is 36.2 Å². The molecular formula is C22H30FN2O2+. The second kappa shape index (κ2) is 9.72. The Bertz CT molecular complexity index is 700. The molecule has 0 aromatic heterocycles. The molecule has 4 nitrogen and oxygen atoms in total. The van der Waals surface area contributed by atoms with Crippen LogP contribution in [0, 0.1) is 5.82 Å². The highest BCUT2D eigenvalue weighted by Crippen LogP contribution is 2.18. The van der Waals surface area contributed by atoms with Gasteiger partial charge in [-0.15, -0.1) is 0 Å². The first kappa shape index (κ1) is 19.6. The molecule has 0 bridgehead atoms. The Morgan fingerprint density at radius 3 is 2.48 bits per heavy atom. The van der Waals surface area contributed by atoms with Gasteiger partial charge in [-0.3, -0.25) is 0 Å². The van der Waals surface area contributed by atoms with E-state index in [1.165, 1.54) is 16.5 Å². The van der Waals surface area contributed by atoms with E-state index in [0.717, 1.165) is 44.8 Å². The van der Waals surface area contributed by atoms with Crippen LogP contribution >= 0.6 is 0 Å². The molecule has 1 unspecified atom stereocenters. The molecule has 1 fully saturated rings. The van der Waals surface area contributed by atoms with Crippen molar-refractivity contribution in [3.63, 3.8) is 0 Å². The van der Waals surface area contributed by atoms with E-state index in [0.29, 0.717) is 18.8 Å². The van der Waals surface area contributed by atoms with Gasteiger partial charge in [-0.1, -0.05) is 37.6 Å². The van der Waals surface area contributed by atoms with Crippen LogP contribution in [0.5, 0.6) is 5.75 Å². The van der Waals surface area contributed by atoms with Crippen LogP contribution < -0.4 is 14.5 Å². The number of ether oxygens (including phenoxy) is 1. The van der Waals surface area contributed by atoms with Crippen molar-refractivity contribution in [2.24, 2.45) is 0 Å². The van der Waals surface area contributed by atoms with Gasteiger partial charge < -0.3 is 19.6 Å². The maximum Gasteiger partial charge on any atom is 0.146 e. The van der Waals surface area contributed by atoms with E-state index in [2.05, 4.69) is 24.0 Å². The summed E-state index contributed by atoms with van der Waals surface area (Å²) in [7, 11) is 0. The molecule has 2 aromatic rings. The lowest BCUT2D eigenvalue weighted by atomic mass is 10.1. The van der Waals surface area contributed by atoms with Gasteiger partial charge >= 0.3 is 0 Å². The zero-order chi connectivity index (χ0) is 19.1. The fourth-order valence-electron chi connectivity index (χ4n) is 3.60. The summed E-state index contributed by atoms with van der Waals surface area (Å²) >= 11 is 0. The predicted molar refractivity (Wildman–Crippen MR) is 106 cm³/mol. The summed E-state index contributed by atoms with van der Waals surface area (Å²) in [6.07, 6.45) is 1.70. The molecule has 1 saturated heterocycles. The minimum atomic E-state index is -0.504. The minimum Gasteiger partial charge on any atom is -0.491 e. The quantitative estimate of drug-likeness (QED) is 0.742. The van der Waals surface area contributed by atoms with E-state index in [-0.39, 0.29) is 5.82 Å². The lowest BCUT2D eigenvalue weighted by Crippen LogP contribution is -3.16. The second-order valence-electron chi connectivity index (χ2n) is 7.25. The number of nitrogens with one attached hydrogen (secondary N) is 1. The van der Waals surface area contributed by atoms with E-state index >= 15 is 0 Å². The first-order chi connectivity index (χ1) is 13.2. The van der Waals surface area contributed by atoms with Crippen LogP contribution in [0.2, 0.25) is 0 Å². The molecular weight excluding hydrogens is 343 g/mol. The van der Waals surface area contributed by atoms with Crippen molar-refractivity contribution in [1.29, 1.82) is 0 Å². The minimum absolute atomic E-state index is 0.167. The van der Waals surface area contributed by atoms with Gasteiger partial charge in [-0.2, -0.15) is 0 Å². The highest BCUT2D eigenvalue weighted by Gasteiger charge is 2.24. The number of aliphatic hydroxyl groups excluding tert-OH is 1. The van der Waals surface area contributed by atoms with E-state index < -0.39 is 6.10 Å². The van der Waals surface area contributed by atoms with Crippen molar-refractivity contribution in [3.8, 4) is 5.75 Å². The number of para-hydroxylation sites is 1. The van der Waals surface area contributed by atoms with E-state index in [1.54, 1.807) is 6.07 Å². The lowest BCUT2D eigenvalue weighted by molar-refractivity contribution is -0.903. The van der Waals surface area contributed by atoms with Gasteiger partial charge in [0.05, 0.1) is 31.9 Å². The summed E-state index contributed by atoms with van der Waals surface area (Å²) in [5, 5.41) is 10.3. The molecule has 0 aliphatic carbocycles. The van der Waals surface area contributed by atoms with Gasteiger partial charge in [0.15, 0.2) is 0 Å². The average Bonchev–Trinajstić information content (AvgIpc) is 2.69. The largest absolute Gasteiger partial charge is 0.491 e. The van der Waals surface area contributed by atoms with Crippen molar-refractivity contribution >= 4 is 5.69 Å². The van der Waals surface area contributed by atoms with Gasteiger partial charge in [0.25, 0.3) is 0 Å². The molecule has 1 atom stereocenters. The van der Waals surface area contributed by atoms with E-state index in [9.17, 15) is 9.50 Å². The summed E-state index contributed by atoms with van der Waals surface area (Å²) in [4.78, 5) is 3.41. The number of anilines is 1. The number of hydrogen-bond acceptors (Lipinski definition) is 3. The highest BCUT2D eigenvalue weighted by atomic mass is 19.1. The van der Waals surface area contributed by atoms with Crippen LogP contribution in [-0.2, 0) is 6.42 Å². The molecule has 2 N–H and O–H groups in total. The normalized spacial score (nSPS) is 16.3. The van der Waals surface area contributed by atoms with Crippen LogP contribution in [0.25, 0.3) is 0 Å². The highest BCUT2D eigenvalue weighted by molar-refractivity contribution is 5.47. The van der Waals surface area contributed by atoms with Crippen LogP contribution in [0.4, 0.5) is 10.1 Å². The van der Waals surface area contributed by atoms with E-state index in [1.807, 2.05) is 24.3 Å². The Morgan fingerprint density at radius 1 is 1.11 bits per heavy atom. The van der Waals surface area contributed by atoms with Crippen LogP contribution in [0.3, 0.4) is 0 Å². The smallest absolute Gasteiger partial charge is 0.146 e. The van der Waals surface area contributed by atoms with Crippen molar-refractivity contribution < 1.29 is 19.1 Å². The van der Waals surface area contributed by atoms with Crippen molar-refractivity contribution in [3.05, 3.63) is 59.9 Å². The van der Waals surface area contributed by atoms with Crippen LogP contribution in [-0.4, -0.2) is 50.5 Å². The topological polar surface area (TPSA) is 37.1 Å². The molecule has 0 amide bonds. The number of aryl methyl sites for hydroxylation is 1. The Morgan fingerprint density at radius 2 is 1.81 bits per heavy atom. The zero-order valence-electron chi connectivity index (χ0n) is 16.0. The molecule has 0 radical (unpaired) electrons. The summed E-state index contributed by atoms with van der Waals surface area (Å²) in [5.41, 5.74) is 1.98. The molecule has 1 aliphatic heterocycles. The number of aliphatic hydroxyl groups is 1. The molecule has 3 rings (SSSR count). The van der Waals surface area contributed by atoms with Crippen molar-refractivity contribution in [2.75, 3.05) is 44.2 Å². The standard InChI is InChI=1S/C22H29FN2O2/c1-2-5-18-8-10-20(11-9-18)27-17-19(26)16-24-12-14-25(15-13-24)22-7-4-3-6-21(22)23/h3-4,6-11,19,26H,2,5,12-17H2,1H3/p+1. The third-order valence-corrected chi connectivity index (χ3v) is 5.09. The molecule has 1 aliphatic rings. The number of hydrogen-bond donors (Lipinski definition) is 2. The monoisotopic (exact) mass is 373 g/mol. The van der Waals surface area contributed by atoms with Gasteiger partial charge in [-0.25, -0.2) is 4.39 Å². The van der Waals surface area contributed by atoms with Crippen LogP contribution in [0.1, 0.15) is 18.9 Å². The maximum atomic E-state index is 13.9. The first-order valence-electron chi connectivity index (χ1n) is 9.88. The number of halogens is 1. The molecule has 0 spiro atoms. The Kier molecular flexibility index (Phi) is 7.07. The van der Waals surface area contributed by atoms with Crippen LogP contribution in [0.15, 0.2) is 48.5 Å². The number of benzene rings is 2. The number of quaternary nitrogens is 1. The Hall–Kier alpha value is -2.11. The lowest BCUT2D eigenvalue weighted by Gasteiger charge is -2.34. The third kappa shape index (κ3) is 5.68. The second-order valence-corrected chi connectivity index (χ2v) is 7.25. The average molecular weight is 373 g/mol. The number of piperazine rings is 1. The van der Waals surface area contributed by atoms with Crippen molar-refractivity contribution in [2.45, 2.75) is 25.9 Å². The summed E-state index contributed by atoms with van der Waals surface area (Å²) < 4.78 is 19.6. The Labute approximate surface area is 161 Å². The third-order valence-electron chi connectivity index (χ3n) is 5.09. The molecule has 5 heteroatoms. The Balaban J connectivity index is 1.40. The molecule has 0 saturated carbocycles. The molecule has 1 heterocycles.